The molecular weight excluding hydrogens is 442 g/mol. The van der Waals surface area contributed by atoms with Gasteiger partial charge in [0.15, 0.2) is 0 Å². The third kappa shape index (κ3) is 4.92. The highest BCUT2D eigenvalue weighted by molar-refractivity contribution is 5.83. The molecule has 3 aromatic rings. The maximum Gasteiger partial charge on any atom is 0.311 e. The maximum atomic E-state index is 11.5. The lowest BCUT2D eigenvalue weighted by Gasteiger charge is -2.28. The summed E-state index contributed by atoms with van der Waals surface area (Å²) in [6.07, 6.45) is -0.370. The Kier molecular flexibility index (Phi) is 6.30. The maximum absolute atomic E-state index is 11.5. The van der Waals surface area contributed by atoms with E-state index >= 15 is 0 Å². The van der Waals surface area contributed by atoms with E-state index in [1.165, 1.54) is 16.3 Å². The van der Waals surface area contributed by atoms with Crippen molar-refractivity contribution in [1.82, 2.24) is 5.32 Å². The smallest absolute Gasteiger partial charge is 0.311 e. The summed E-state index contributed by atoms with van der Waals surface area (Å²) >= 11 is 0. The van der Waals surface area contributed by atoms with Gasteiger partial charge in [-0.05, 0) is 55.2 Å². The van der Waals surface area contributed by atoms with E-state index in [4.69, 9.17) is 9.47 Å². The zero-order chi connectivity index (χ0) is 24.7. The number of hydrogen-bond donors (Lipinski definition) is 3. The van der Waals surface area contributed by atoms with Crippen molar-refractivity contribution in [1.29, 1.82) is 0 Å². The number of carboxylic acids is 1. The van der Waals surface area contributed by atoms with Crippen LogP contribution in [-0.4, -0.2) is 47.1 Å². The molecule has 0 saturated heterocycles. The van der Waals surface area contributed by atoms with Crippen molar-refractivity contribution in [3.05, 3.63) is 77.4 Å². The lowest BCUT2D eigenvalue weighted by Crippen LogP contribution is -2.46. The molecule has 3 N–H and O–H groups in total. The topological polar surface area (TPSA) is 88.0 Å². The predicted octanol–water partition coefficient (Wildman–Crippen LogP) is 4.45. The molecule has 5 atom stereocenters. The van der Waals surface area contributed by atoms with E-state index in [-0.39, 0.29) is 30.3 Å². The normalized spacial score (nSPS) is 22.2. The second-order valence-electron chi connectivity index (χ2n) is 10.5. The molecule has 1 fully saturated rings. The van der Waals surface area contributed by atoms with Crippen LogP contribution in [0.5, 0.6) is 5.75 Å². The van der Waals surface area contributed by atoms with Gasteiger partial charge in [-0.2, -0.15) is 0 Å². The van der Waals surface area contributed by atoms with Crippen molar-refractivity contribution in [2.24, 2.45) is 5.92 Å². The van der Waals surface area contributed by atoms with Crippen LogP contribution in [0.25, 0.3) is 10.8 Å². The SMILES string of the molecule is C[C@@H](OCC(O)CNC(C)(C)Cc1ccc2ccccc2c1)c1cccc2c1C1C(O2)C1C(=O)O. The first-order chi connectivity index (χ1) is 16.7. The second kappa shape index (κ2) is 9.26. The number of rotatable bonds is 10. The molecule has 3 aromatic carbocycles. The van der Waals surface area contributed by atoms with E-state index in [9.17, 15) is 15.0 Å². The predicted molar refractivity (Wildman–Crippen MR) is 135 cm³/mol. The van der Waals surface area contributed by atoms with Crippen LogP contribution in [0.1, 0.15) is 49.5 Å². The Bertz CT molecular complexity index is 1240. The highest BCUT2D eigenvalue weighted by atomic mass is 16.5. The molecule has 4 unspecified atom stereocenters. The van der Waals surface area contributed by atoms with Gasteiger partial charge in [0.25, 0.3) is 0 Å². The fraction of sp³-hybridized carbons (Fsp3) is 0.414. The summed E-state index contributed by atoms with van der Waals surface area (Å²) in [7, 11) is 0. The molecule has 1 heterocycles. The van der Waals surface area contributed by atoms with E-state index in [1.807, 2.05) is 31.2 Å². The molecule has 5 rings (SSSR count). The number of aliphatic hydroxyl groups excluding tert-OH is 1. The van der Waals surface area contributed by atoms with Crippen LogP contribution in [-0.2, 0) is 16.0 Å². The largest absolute Gasteiger partial charge is 0.489 e. The van der Waals surface area contributed by atoms with E-state index < -0.39 is 18.0 Å². The summed E-state index contributed by atoms with van der Waals surface area (Å²) in [5.74, 6) is -0.646. The second-order valence-corrected chi connectivity index (χ2v) is 10.5. The number of β-amino-alcohol motifs (C(OH)–C–C–N with tert-alkyl or cyclic N) is 1. The van der Waals surface area contributed by atoms with Crippen LogP contribution in [0, 0.1) is 5.92 Å². The molecule has 1 aliphatic heterocycles. The number of carboxylic acid groups (broad SMARTS) is 1. The quantitative estimate of drug-likeness (QED) is 0.402. The molecule has 0 aromatic heterocycles. The molecule has 2 aliphatic rings. The van der Waals surface area contributed by atoms with Gasteiger partial charge in [0.1, 0.15) is 17.8 Å². The number of hydrogen-bond acceptors (Lipinski definition) is 5. The van der Waals surface area contributed by atoms with E-state index in [0.717, 1.165) is 23.3 Å². The number of nitrogens with one attached hydrogen (secondary N) is 1. The summed E-state index contributed by atoms with van der Waals surface area (Å²) in [5, 5.41) is 25.9. The van der Waals surface area contributed by atoms with E-state index in [0.29, 0.717) is 6.54 Å². The van der Waals surface area contributed by atoms with Gasteiger partial charge in [0.2, 0.25) is 0 Å². The number of aliphatic carboxylic acids is 1. The van der Waals surface area contributed by atoms with Crippen molar-refractivity contribution in [2.45, 2.75) is 57.0 Å². The van der Waals surface area contributed by atoms with Crippen LogP contribution in [0.3, 0.4) is 0 Å². The Balaban J connectivity index is 1.14. The van der Waals surface area contributed by atoms with Crippen molar-refractivity contribution in [3.63, 3.8) is 0 Å². The van der Waals surface area contributed by atoms with E-state index in [1.54, 1.807) is 0 Å². The Morgan fingerprint density at radius 3 is 2.66 bits per heavy atom. The fourth-order valence-electron chi connectivity index (χ4n) is 5.31. The zero-order valence-electron chi connectivity index (χ0n) is 20.4. The van der Waals surface area contributed by atoms with Crippen LogP contribution < -0.4 is 10.1 Å². The Morgan fingerprint density at radius 2 is 1.89 bits per heavy atom. The highest BCUT2D eigenvalue weighted by Gasteiger charge is 2.63. The monoisotopic (exact) mass is 475 g/mol. The number of fused-ring (bicyclic) bond motifs is 4. The highest BCUT2D eigenvalue weighted by Crippen LogP contribution is 2.60. The first-order valence-corrected chi connectivity index (χ1v) is 12.3. The molecule has 0 bridgehead atoms. The van der Waals surface area contributed by atoms with Gasteiger partial charge in [0.05, 0.1) is 18.8 Å². The van der Waals surface area contributed by atoms with Gasteiger partial charge in [-0.1, -0.05) is 54.6 Å². The van der Waals surface area contributed by atoms with Crippen molar-refractivity contribution >= 4 is 16.7 Å². The molecule has 0 radical (unpaired) electrons. The zero-order valence-corrected chi connectivity index (χ0v) is 20.4. The minimum atomic E-state index is -0.818. The lowest BCUT2D eigenvalue weighted by atomic mass is 9.93. The molecule has 6 nitrogen and oxygen atoms in total. The Morgan fingerprint density at radius 1 is 1.11 bits per heavy atom. The average molecular weight is 476 g/mol. The third-order valence-electron chi connectivity index (χ3n) is 7.19. The molecule has 6 heteroatoms. The van der Waals surface area contributed by atoms with Gasteiger partial charge in [0, 0.05) is 23.6 Å². The van der Waals surface area contributed by atoms with Crippen molar-refractivity contribution < 1.29 is 24.5 Å². The van der Waals surface area contributed by atoms with Gasteiger partial charge < -0.3 is 25.0 Å². The van der Waals surface area contributed by atoms with Gasteiger partial charge in [-0.15, -0.1) is 0 Å². The first kappa shape index (κ1) is 23.8. The number of ether oxygens (including phenoxy) is 2. The average Bonchev–Trinajstić information content (AvgIpc) is 3.42. The summed E-state index contributed by atoms with van der Waals surface area (Å²) in [6, 6.07) is 20.6. The van der Waals surface area contributed by atoms with Crippen LogP contribution >= 0.6 is 0 Å². The number of aliphatic hydroxyl groups is 1. The van der Waals surface area contributed by atoms with Crippen LogP contribution in [0.4, 0.5) is 0 Å². The molecule has 184 valence electrons. The first-order valence-electron chi connectivity index (χ1n) is 12.3. The third-order valence-corrected chi connectivity index (χ3v) is 7.19. The standard InChI is InChI=1S/C29H33NO5/c1-17(22-9-6-10-23-24(22)25-26(28(32)33)27(25)35-23)34-16-21(31)15-30-29(2,3)14-18-11-12-19-7-4-5-8-20(19)13-18/h4-13,17,21,25-27,30-31H,14-16H2,1-3H3,(H,32,33)/t17-,21?,25?,26?,27?/m1/s1. The van der Waals surface area contributed by atoms with Gasteiger partial charge in [-0.25, -0.2) is 0 Å². The molecule has 0 spiro atoms. The molecule has 35 heavy (non-hydrogen) atoms. The summed E-state index contributed by atoms with van der Waals surface area (Å²) in [6.45, 7) is 6.80. The summed E-state index contributed by atoms with van der Waals surface area (Å²) < 4.78 is 11.8. The molecule has 1 aliphatic carbocycles. The summed E-state index contributed by atoms with van der Waals surface area (Å²) in [5.41, 5.74) is 2.94. The summed E-state index contributed by atoms with van der Waals surface area (Å²) in [4.78, 5) is 11.5. The van der Waals surface area contributed by atoms with Crippen molar-refractivity contribution in [3.8, 4) is 5.75 Å². The molecule has 1 saturated carbocycles. The Hall–Kier alpha value is -2.93. The molecular formula is C29H33NO5. The number of carbonyl (C=O) groups is 1. The van der Waals surface area contributed by atoms with Gasteiger partial charge in [-0.3, -0.25) is 4.79 Å². The van der Waals surface area contributed by atoms with E-state index in [2.05, 4.69) is 55.6 Å². The van der Waals surface area contributed by atoms with Crippen LogP contribution in [0.15, 0.2) is 60.7 Å². The minimum Gasteiger partial charge on any atom is -0.489 e. The fourth-order valence-corrected chi connectivity index (χ4v) is 5.31. The molecule has 0 amide bonds. The number of benzene rings is 3. The Labute approximate surface area is 205 Å². The lowest BCUT2D eigenvalue weighted by molar-refractivity contribution is -0.139. The van der Waals surface area contributed by atoms with Crippen LogP contribution in [0.2, 0.25) is 0 Å². The van der Waals surface area contributed by atoms with Gasteiger partial charge >= 0.3 is 5.97 Å². The minimum absolute atomic E-state index is 0.104. The van der Waals surface area contributed by atoms with Crippen molar-refractivity contribution in [2.75, 3.05) is 13.2 Å².